The standard InChI is InChI=1S/C17H17N3O2S/c1-22-13-8-6-12(7-9-13)18-17(21)11-23-10-16-19-14-4-2-3-5-15(14)20-16/h2-9H,10-11H2,1H3,(H,18,21)(H,19,20). The van der Waals surface area contributed by atoms with E-state index in [2.05, 4.69) is 15.3 Å². The molecule has 0 fully saturated rings. The van der Waals surface area contributed by atoms with E-state index < -0.39 is 0 Å². The first-order valence-corrected chi connectivity index (χ1v) is 8.35. The normalized spacial score (nSPS) is 10.7. The largest absolute Gasteiger partial charge is 0.497 e. The summed E-state index contributed by atoms with van der Waals surface area (Å²) in [5.41, 5.74) is 2.73. The van der Waals surface area contributed by atoms with Gasteiger partial charge in [0.2, 0.25) is 5.91 Å². The summed E-state index contributed by atoms with van der Waals surface area (Å²) in [4.78, 5) is 19.7. The van der Waals surface area contributed by atoms with Crippen LogP contribution in [0.25, 0.3) is 11.0 Å². The molecular weight excluding hydrogens is 310 g/mol. The highest BCUT2D eigenvalue weighted by molar-refractivity contribution is 7.99. The van der Waals surface area contributed by atoms with Crippen molar-refractivity contribution >= 4 is 34.4 Å². The molecule has 1 aromatic heterocycles. The van der Waals surface area contributed by atoms with Crippen LogP contribution in [0.2, 0.25) is 0 Å². The summed E-state index contributed by atoms with van der Waals surface area (Å²) in [6, 6.07) is 15.2. The molecule has 6 heteroatoms. The lowest BCUT2D eigenvalue weighted by atomic mass is 10.3. The van der Waals surface area contributed by atoms with E-state index in [-0.39, 0.29) is 5.91 Å². The number of carbonyl (C=O) groups is 1. The van der Waals surface area contributed by atoms with Crippen molar-refractivity contribution in [3.05, 3.63) is 54.4 Å². The first-order valence-electron chi connectivity index (χ1n) is 7.20. The Kier molecular flexibility index (Phi) is 4.83. The van der Waals surface area contributed by atoms with Crippen LogP contribution in [-0.2, 0) is 10.5 Å². The number of aromatic nitrogens is 2. The molecule has 3 aromatic rings. The van der Waals surface area contributed by atoms with Crippen LogP contribution in [0.4, 0.5) is 5.69 Å². The molecule has 2 N–H and O–H groups in total. The summed E-state index contributed by atoms with van der Waals surface area (Å²) >= 11 is 1.53. The highest BCUT2D eigenvalue weighted by atomic mass is 32.2. The van der Waals surface area contributed by atoms with Gasteiger partial charge in [0.1, 0.15) is 11.6 Å². The number of methoxy groups -OCH3 is 1. The Balaban J connectivity index is 1.48. The molecule has 0 aliphatic rings. The van der Waals surface area contributed by atoms with Crippen LogP contribution in [0.15, 0.2) is 48.5 Å². The third-order valence-electron chi connectivity index (χ3n) is 3.28. The Labute approximate surface area is 138 Å². The number of hydrogen-bond acceptors (Lipinski definition) is 4. The molecule has 3 rings (SSSR count). The second-order valence-corrected chi connectivity index (χ2v) is 5.96. The minimum atomic E-state index is -0.0312. The summed E-state index contributed by atoms with van der Waals surface area (Å²) in [7, 11) is 1.61. The molecule has 0 saturated heterocycles. The van der Waals surface area contributed by atoms with Crippen LogP contribution in [0.1, 0.15) is 5.82 Å². The maximum atomic E-state index is 11.9. The molecule has 0 unspecified atom stereocenters. The van der Waals surface area contributed by atoms with Gasteiger partial charge in [-0.15, -0.1) is 11.8 Å². The molecule has 118 valence electrons. The Morgan fingerprint density at radius 1 is 1.22 bits per heavy atom. The number of amides is 1. The quantitative estimate of drug-likeness (QED) is 0.728. The zero-order valence-corrected chi connectivity index (χ0v) is 13.5. The Bertz CT molecular complexity index is 766. The van der Waals surface area contributed by atoms with Gasteiger partial charge < -0.3 is 15.0 Å². The number of nitrogens with zero attached hydrogens (tertiary/aromatic N) is 1. The van der Waals surface area contributed by atoms with Crippen LogP contribution in [0.3, 0.4) is 0 Å². The molecule has 2 aromatic carbocycles. The molecule has 23 heavy (non-hydrogen) atoms. The van der Waals surface area contributed by atoms with Gasteiger partial charge in [-0.05, 0) is 36.4 Å². The van der Waals surface area contributed by atoms with Crippen LogP contribution in [-0.4, -0.2) is 28.7 Å². The fraction of sp³-hybridized carbons (Fsp3) is 0.176. The van der Waals surface area contributed by atoms with Crippen molar-refractivity contribution in [1.82, 2.24) is 9.97 Å². The number of H-pyrrole nitrogens is 1. The third kappa shape index (κ3) is 4.04. The van der Waals surface area contributed by atoms with E-state index in [9.17, 15) is 4.79 Å². The van der Waals surface area contributed by atoms with Crippen molar-refractivity contribution in [3.63, 3.8) is 0 Å². The molecule has 0 spiro atoms. The van der Waals surface area contributed by atoms with E-state index in [0.717, 1.165) is 28.3 Å². The van der Waals surface area contributed by atoms with Gasteiger partial charge in [0.25, 0.3) is 0 Å². The second kappa shape index (κ2) is 7.19. The van der Waals surface area contributed by atoms with Gasteiger partial charge in [0.05, 0.1) is 29.6 Å². The van der Waals surface area contributed by atoms with Gasteiger partial charge in [-0.1, -0.05) is 12.1 Å². The van der Waals surface area contributed by atoms with Gasteiger partial charge in [-0.2, -0.15) is 0 Å². The Morgan fingerprint density at radius 3 is 2.74 bits per heavy atom. The predicted octanol–water partition coefficient (Wildman–Crippen LogP) is 3.44. The number of carbonyl (C=O) groups excluding carboxylic acids is 1. The zero-order chi connectivity index (χ0) is 16.1. The monoisotopic (exact) mass is 327 g/mol. The highest BCUT2D eigenvalue weighted by Crippen LogP contribution is 2.17. The summed E-state index contributed by atoms with van der Waals surface area (Å²) in [6.45, 7) is 0. The lowest BCUT2D eigenvalue weighted by Gasteiger charge is -2.05. The first-order chi connectivity index (χ1) is 11.2. The van der Waals surface area contributed by atoms with Crippen LogP contribution >= 0.6 is 11.8 Å². The SMILES string of the molecule is COc1ccc(NC(=O)CSCc2nc3ccccc3[nH]2)cc1. The van der Waals surface area contributed by atoms with E-state index in [1.165, 1.54) is 11.8 Å². The number of para-hydroxylation sites is 2. The Morgan fingerprint density at radius 2 is 2.00 bits per heavy atom. The molecule has 0 atom stereocenters. The highest BCUT2D eigenvalue weighted by Gasteiger charge is 2.06. The van der Waals surface area contributed by atoms with E-state index in [1.807, 2.05) is 48.5 Å². The van der Waals surface area contributed by atoms with Crippen LogP contribution in [0, 0.1) is 0 Å². The topological polar surface area (TPSA) is 67.0 Å². The van der Waals surface area contributed by atoms with Gasteiger partial charge in [-0.25, -0.2) is 4.98 Å². The average Bonchev–Trinajstić information content (AvgIpc) is 2.98. The minimum Gasteiger partial charge on any atom is -0.497 e. The number of ether oxygens (including phenoxy) is 1. The number of thioether (sulfide) groups is 1. The van der Waals surface area contributed by atoms with Gasteiger partial charge >= 0.3 is 0 Å². The minimum absolute atomic E-state index is 0.0312. The van der Waals surface area contributed by atoms with E-state index >= 15 is 0 Å². The molecule has 5 nitrogen and oxygen atoms in total. The summed E-state index contributed by atoms with van der Waals surface area (Å²) in [5, 5.41) is 2.86. The summed E-state index contributed by atoms with van der Waals surface area (Å²) in [5.74, 6) is 2.67. The lowest BCUT2D eigenvalue weighted by Crippen LogP contribution is -2.14. The number of fused-ring (bicyclic) bond motifs is 1. The number of hydrogen-bond donors (Lipinski definition) is 2. The summed E-state index contributed by atoms with van der Waals surface area (Å²) < 4.78 is 5.09. The number of imidazole rings is 1. The van der Waals surface area contributed by atoms with Gasteiger partial charge in [-0.3, -0.25) is 4.79 Å². The zero-order valence-electron chi connectivity index (χ0n) is 12.7. The molecule has 0 saturated carbocycles. The molecule has 0 bridgehead atoms. The van der Waals surface area contributed by atoms with Crippen molar-refractivity contribution in [3.8, 4) is 5.75 Å². The van der Waals surface area contributed by atoms with Gasteiger partial charge in [0.15, 0.2) is 0 Å². The number of benzene rings is 2. The lowest BCUT2D eigenvalue weighted by molar-refractivity contribution is -0.113. The van der Waals surface area contributed by atoms with Crippen LogP contribution < -0.4 is 10.1 Å². The van der Waals surface area contributed by atoms with E-state index in [4.69, 9.17) is 4.74 Å². The van der Waals surface area contributed by atoms with Gasteiger partial charge in [0, 0.05) is 5.69 Å². The predicted molar refractivity (Wildman–Crippen MR) is 93.9 cm³/mol. The van der Waals surface area contributed by atoms with Crippen LogP contribution in [0.5, 0.6) is 5.75 Å². The smallest absolute Gasteiger partial charge is 0.234 e. The molecule has 0 aliphatic heterocycles. The number of nitrogens with one attached hydrogen (secondary N) is 2. The maximum Gasteiger partial charge on any atom is 0.234 e. The number of aromatic amines is 1. The number of rotatable bonds is 6. The van der Waals surface area contributed by atoms with Crippen molar-refractivity contribution in [2.45, 2.75) is 5.75 Å². The average molecular weight is 327 g/mol. The second-order valence-electron chi connectivity index (χ2n) is 4.97. The van der Waals surface area contributed by atoms with Crippen molar-refractivity contribution in [1.29, 1.82) is 0 Å². The molecule has 0 radical (unpaired) electrons. The molecule has 1 heterocycles. The summed E-state index contributed by atoms with van der Waals surface area (Å²) in [6.07, 6.45) is 0. The van der Waals surface area contributed by atoms with Crippen molar-refractivity contribution in [2.24, 2.45) is 0 Å². The first kappa shape index (κ1) is 15.4. The maximum absolute atomic E-state index is 11.9. The van der Waals surface area contributed by atoms with E-state index in [0.29, 0.717) is 11.5 Å². The van der Waals surface area contributed by atoms with E-state index in [1.54, 1.807) is 7.11 Å². The van der Waals surface area contributed by atoms with Crippen molar-refractivity contribution in [2.75, 3.05) is 18.2 Å². The fourth-order valence-electron chi connectivity index (χ4n) is 2.19. The Hall–Kier alpha value is -2.47. The molecular formula is C17H17N3O2S. The molecule has 0 aliphatic carbocycles. The third-order valence-corrected chi connectivity index (χ3v) is 4.23. The molecule has 1 amide bonds. The van der Waals surface area contributed by atoms with Crippen molar-refractivity contribution < 1.29 is 9.53 Å². The fourth-order valence-corrected chi connectivity index (χ4v) is 2.88. The number of anilines is 1.